The van der Waals surface area contributed by atoms with E-state index in [0.29, 0.717) is 18.9 Å². The van der Waals surface area contributed by atoms with Gasteiger partial charge in [0.05, 0.1) is 0 Å². The molecule has 0 aromatic rings. The van der Waals surface area contributed by atoms with Gasteiger partial charge in [-0.25, -0.2) is 0 Å². The van der Waals surface area contributed by atoms with Gasteiger partial charge in [0.1, 0.15) is 0 Å². The minimum absolute atomic E-state index is 0.149. The zero-order valence-electron chi connectivity index (χ0n) is 12.7. The van der Waals surface area contributed by atoms with Crippen molar-refractivity contribution >= 4 is 5.91 Å². The molecule has 0 spiro atoms. The second kappa shape index (κ2) is 9.37. The van der Waals surface area contributed by atoms with Gasteiger partial charge in [0.15, 0.2) is 0 Å². The van der Waals surface area contributed by atoms with Crippen molar-refractivity contribution in [2.45, 2.75) is 66.2 Å². The smallest absolute Gasteiger partial charge is 0.220 e. The summed E-state index contributed by atoms with van der Waals surface area (Å²) in [5, 5.41) is 3.05. The van der Waals surface area contributed by atoms with Crippen LogP contribution in [0.1, 0.15) is 66.2 Å². The van der Waals surface area contributed by atoms with Crippen molar-refractivity contribution in [2.24, 2.45) is 17.1 Å². The molecule has 0 aliphatic carbocycles. The molecule has 0 bridgehead atoms. The number of nitrogens with one attached hydrogen (secondary N) is 1. The molecule has 3 heteroatoms. The van der Waals surface area contributed by atoms with Crippen LogP contribution in [0.3, 0.4) is 0 Å². The van der Waals surface area contributed by atoms with E-state index >= 15 is 0 Å². The highest BCUT2D eigenvalue weighted by Gasteiger charge is 2.19. The zero-order chi connectivity index (χ0) is 14.0. The van der Waals surface area contributed by atoms with E-state index in [0.717, 1.165) is 13.0 Å². The fourth-order valence-electron chi connectivity index (χ4n) is 2.01. The van der Waals surface area contributed by atoms with Gasteiger partial charge in [-0.3, -0.25) is 4.79 Å². The highest BCUT2D eigenvalue weighted by Crippen LogP contribution is 2.22. The summed E-state index contributed by atoms with van der Waals surface area (Å²) < 4.78 is 0. The maximum Gasteiger partial charge on any atom is 0.220 e. The van der Waals surface area contributed by atoms with Crippen LogP contribution in [0.5, 0.6) is 0 Å². The van der Waals surface area contributed by atoms with Gasteiger partial charge >= 0.3 is 0 Å². The van der Waals surface area contributed by atoms with Crippen LogP contribution in [0.15, 0.2) is 0 Å². The number of rotatable bonds is 10. The van der Waals surface area contributed by atoms with E-state index in [2.05, 4.69) is 33.0 Å². The van der Waals surface area contributed by atoms with Crippen molar-refractivity contribution in [1.82, 2.24) is 5.32 Å². The maximum absolute atomic E-state index is 11.8. The van der Waals surface area contributed by atoms with Crippen LogP contribution >= 0.6 is 0 Å². The van der Waals surface area contributed by atoms with Crippen LogP contribution < -0.4 is 11.1 Å². The Bertz CT molecular complexity index is 223. The Morgan fingerprint density at radius 2 is 1.94 bits per heavy atom. The van der Waals surface area contributed by atoms with Gasteiger partial charge in [0, 0.05) is 13.0 Å². The normalized spacial score (nSPS) is 13.4. The van der Waals surface area contributed by atoms with Crippen LogP contribution in [0.2, 0.25) is 0 Å². The molecule has 0 radical (unpaired) electrons. The van der Waals surface area contributed by atoms with Crippen molar-refractivity contribution in [3.8, 4) is 0 Å². The molecule has 0 aliphatic heterocycles. The first kappa shape index (κ1) is 17.4. The third kappa shape index (κ3) is 8.51. The molecular weight excluding hydrogens is 224 g/mol. The minimum atomic E-state index is 0.149. The lowest BCUT2D eigenvalue weighted by Gasteiger charge is -2.25. The SMILES string of the molecule is CCCCCC(C)(C)CNC(=O)CC(CC)CN. The van der Waals surface area contributed by atoms with E-state index in [1.807, 2.05) is 0 Å². The largest absolute Gasteiger partial charge is 0.356 e. The molecule has 0 aromatic carbocycles. The predicted octanol–water partition coefficient (Wildman–Crippen LogP) is 3.08. The van der Waals surface area contributed by atoms with E-state index in [1.54, 1.807) is 0 Å². The average molecular weight is 256 g/mol. The molecule has 0 aromatic heterocycles. The third-order valence-electron chi connectivity index (χ3n) is 3.61. The van der Waals surface area contributed by atoms with Crippen LogP contribution in [0, 0.1) is 11.3 Å². The molecular formula is C15H32N2O. The number of hydrogen-bond donors (Lipinski definition) is 2. The lowest BCUT2D eigenvalue weighted by atomic mass is 9.86. The van der Waals surface area contributed by atoms with Gasteiger partial charge in [-0.15, -0.1) is 0 Å². The Morgan fingerprint density at radius 3 is 2.44 bits per heavy atom. The van der Waals surface area contributed by atoms with E-state index < -0.39 is 0 Å². The molecule has 108 valence electrons. The average Bonchev–Trinajstić information content (AvgIpc) is 2.34. The maximum atomic E-state index is 11.8. The van der Waals surface area contributed by atoms with Crippen LogP contribution in [-0.2, 0) is 4.79 Å². The lowest BCUT2D eigenvalue weighted by molar-refractivity contribution is -0.122. The first-order chi connectivity index (χ1) is 8.45. The van der Waals surface area contributed by atoms with Gasteiger partial charge in [-0.2, -0.15) is 0 Å². The number of carbonyl (C=O) groups excluding carboxylic acids is 1. The molecule has 18 heavy (non-hydrogen) atoms. The molecule has 1 unspecified atom stereocenters. The topological polar surface area (TPSA) is 55.1 Å². The molecule has 1 amide bonds. The quantitative estimate of drug-likeness (QED) is 0.590. The Labute approximate surface area is 113 Å². The van der Waals surface area contributed by atoms with E-state index in [1.165, 1.54) is 25.7 Å². The number of nitrogens with two attached hydrogens (primary N) is 1. The van der Waals surface area contributed by atoms with Crippen molar-refractivity contribution < 1.29 is 4.79 Å². The minimum Gasteiger partial charge on any atom is -0.356 e. The number of amides is 1. The molecule has 0 aliphatic rings. The molecule has 0 saturated heterocycles. The van der Waals surface area contributed by atoms with Crippen LogP contribution in [-0.4, -0.2) is 19.0 Å². The first-order valence-corrected chi connectivity index (χ1v) is 7.42. The summed E-state index contributed by atoms with van der Waals surface area (Å²) in [6.45, 7) is 10.1. The monoisotopic (exact) mass is 256 g/mol. The molecule has 1 atom stereocenters. The summed E-state index contributed by atoms with van der Waals surface area (Å²) in [5.41, 5.74) is 5.82. The summed E-state index contributed by atoms with van der Waals surface area (Å²) >= 11 is 0. The third-order valence-corrected chi connectivity index (χ3v) is 3.61. The number of unbranched alkanes of at least 4 members (excludes halogenated alkanes) is 2. The Balaban J connectivity index is 3.88. The summed E-state index contributed by atoms with van der Waals surface area (Å²) in [7, 11) is 0. The van der Waals surface area contributed by atoms with Crippen molar-refractivity contribution in [2.75, 3.05) is 13.1 Å². The second-order valence-electron chi connectivity index (χ2n) is 6.11. The van der Waals surface area contributed by atoms with Crippen LogP contribution in [0.25, 0.3) is 0 Å². The van der Waals surface area contributed by atoms with Crippen LogP contribution in [0.4, 0.5) is 0 Å². The molecule has 0 saturated carbocycles. The molecule has 3 N–H and O–H groups in total. The standard InChI is InChI=1S/C15H32N2O/c1-5-7-8-9-15(3,4)12-17-14(18)10-13(6-2)11-16/h13H,5-12,16H2,1-4H3,(H,17,18). The van der Waals surface area contributed by atoms with Gasteiger partial charge in [0.25, 0.3) is 0 Å². The van der Waals surface area contributed by atoms with E-state index in [9.17, 15) is 4.79 Å². The zero-order valence-corrected chi connectivity index (χ0v) is 12.7. The highest BCUT2D eigenvalue weighted by atomic mass is 16.1. The predicted molar refractivity (Wildman–Crippen MR) is 78.4 cm³/mol. The Kier molecular flexibility index (Phi) is 9.08. The second-order valence-corrected chi connectivity index (χ2v) is 6.11. The summed E-state index contributed by atoms with van der Waals surface area (Å²) in [6.07, 6.45) is 6.50. The fraction of sp³-hybridized carbons (Fsp3) is 0.933. The van der Waals surface area contributed by atoms with Crippen molar-refractivity contribution in [3.05, 3.63) is 0 Å². The van der Waals surface area contributed by atoms with Crippen molar-refractivity contribution in [1.29, 1.82) is 0 Å². The molecule has 0 fully saturated rings. The molecule has 0 rings (SSSR count). The summed E-state index contributed by atoms with van der Waals surface area (Å²) in [5.74, 6) is 0.476. The van der Waals surface area contributed by atoms with Gasteiger partial charge < -0.3 is 11.1 Å². The van der Waals surface area contributed by atoms with Gasteiger partial charge in [-0.05, 0) is 24.3 Å². The van der Waals surface area contributed by atoms with E-state index in [-0.39, 0.29) is 11.3 Å². The summed E-state index contributed by atoms with van der Waals surface area (Å²) in [6, 6.07) is 0. The lowest BCUT2D eigenvalue weighted by Crippen LogP contribution is -2.35. The fourth-order valence-corrected chi connectivity index (χ4v) is 2.01. The van der Waals surface area contributed by atoms with Gasteiger partial charge in [-0.1, -0.05) is 53.4 Å². The number of hydrogen-bond acceptors (Lipinski definition) is 2. The highest BCUT2D eigenvalue weighted by molar-refractivity contribution is 5.76. The molecule has 0 heterocycles. The van der Waals surface area contributed by atoms with Crippen molar-refractivity contribution in [3.63, 3.8) is 0 Å². The van der Waals surface area contributed by atoms with E-state index in [4.69, 9.17) is 5.73 Å². The summed E-state index contributed by atoms with van der Waals surface area (Å²) in [4.78, 5) is 11.8. The Hall–Kier alpha value is -0.570. The molecule has 3 nitrogen and oxygen atoms in total. The Morgan fingerprint density at radius 1 is 1.28 bits per heavy atom. The van der Waals surface area contributed by atoms with Gasteiger partial charge in [0.2, 0.25) is 5.91 Å². The first-order valence-electron chi connectivity index (χ1n) is 7.42. The number of carbonyl (C=O) groups is 1.